The van der Waals surface area contributed by atoms with Crippen LogP contribution in [-0.2, 0) is 4.79 Å². The van der Waals surface area contributed by atoms with Gasteiger partial charge in [-0.25, -0.2) is 0 Å². The second-order valence-corrected chi connectivity index (χ2v) is 6.63. The zero-order valence-corrected chi connectivity index (χ0v) is 14.8. The summed E-state index contributed by atoms with van der Waals surface area (Å²) in [6.07, 6.45) is 3.17. The number of benzene rings is 1. The van der Waals surface area contributed by atoms with Gasteiger partial charge in [0, 0.05) is 19.6 Å². The largest absolute Gasteiger partial charge is 0.348 e. The van der Waals surface area contributed by atoms with Gasteiger partial charge in [0.05, 0.1) is 12.1 Å². The number of amides is 1. The van der Waals surface area contributed by atoms with Gasteiger partial charge < -0.3 is 10.2 Å². The number of carbonyl (C=O) groups is 1. The fraction of sp³-hybridized carbons (Fsp3) is 0.632. The molecule has 1 N–H and O–H groups in total. The summed E-state index contributed by atoms with van der Waals surface area (Å²) in [6.45, 7) is 8.32. The summed E-state index contributed by atoms with van der Waals surface area (Å²) < 4.78 is 0. The first kappa shape index (κ1) is 18.0. The van der Waals surface area contributed by atoms with Crippen molar-refractivity contribution in [1.82, 2.24) is 15.1 Å². The molecule has 1 fully saturated rings. The third-order valence-corrected chi connectivity index (χ3v) is 4.78. The summed E-state index contributed by atoms with van der Waals surface area (Å²) in [4.78, 5) is 17.4. The zero-order valence-electron chi connectivity index (χ0n) is 14.8. The topological polar surface area (TPSA) is 35.6 Å². The molecule has 1 heterocycles. The van der Waals surface area contributed by atoms with Crippen LogP contribution >= 0.6 is 0 Å². The van der Waals surface area contributed by atoms with Crippen molar-refractivity contribution >= 4 is 5.91 Å². The minimum Gasteiger partial charge on any atom is -0.348 e. The molecule has 1 aliphatic heterocycles. The molecule has 0 radical (unpaired) electrons. The fourth-order valence-electron chi connectivity index (χ4n) is 3.21. The highest BCUT2D eigenvalue weighted by Crippen LogP contribution is 2.19. The third-order valence-electron chi connectivity index (χ3n) is 4.78. The highest BCUT2D eigenvalue weighted by Gasteiger charge is 2.25. The Morgan fingerprint density at radius 1 is 1.17 bits per heavy atom. The van der Waals surface area contributed by atoms with Crippen molar-refractivity contribution in [2.45, 2.75) is 45.2 Å². The first-order valence-corrected chi connectivity index (χ1v) is 8.89. The summed E-state index contributed by atoms with van der Waals surface area (Å²) in [7, 11) is 2.15. The van der Waals surface area contributed by atoms with Gasteiger partial charge in [-0.05, 0) is 38.9 Å². The average Bonchev–Trinajstić information content (AvgIpc) is 2.79. The highest BCUT2D eigenvalue weighted by molar-refractivity contribution is 5.81. The van der Waals surface area contributed by atoms with Crippen molar-refractivity contribution in [1.29, 1.82) is 0 Å². The number of carbonyl (C=O) groups excluding carboxylic acids is 1. The van der Waals surface area contributed by atoms with Gasteiger partial charge >= 0.3 is 0 Å². The maximum Gasteiger partial charge on any atom is 0.237 e. The van der Waals surface area contributed by atoms with E-state index in [2.05, 4.69) is 41.2 Å². The summed E-state index contributed by atoms with van der Waals surface area (Å²) in [5.41, 5.74) is 1.20. The monoisotopic (exact) mass is 317 g/mol. The van der Waals surface area contributed by atoms with Crippen molar-refractivity contribution in [3.05, 3.63) is 35.9 Å². The molecule has 128 valence electrons. The zero-order chi connectivity index (χ0) is 16.7. The number of nitrogens with zero attached hydrogens (tertiary/aromatic N) is 2. The van der Waals surface area contributed by atoms with Crippen LogP contribution in [0.1, 0.15) is 44.7 Å². The van der Waals surface area contributed by atoms with E-state index in [0.717, 1.165) is 45.4 Å². The molecule has 0 spiro atoms. The fourth-order valence-corrected chi connectivity index (χ4v) is 3.21. The maximum absolute atomic E-state index is 12.7. The van der Waals surface area contributed by atoms with Gasteiger partial charge in [-0.2, -0.15) is 0 Å². The van der Waals surface area contributed by atoms with Gasteiger partial charge in [-0.15, -0.1) is 0 Å². The summed E-state index contributed by atoms with van der Waals surface area (Å²) in [5, 5.41) is 3.27. The Morgan fingerprint density at radius 2 is 1.91 bits per heavy atom. The normalized spacial score (nSPS) is 19.8. The van der Waals surface area contributed by atoms with Crippen LogP contribution < -0.4 is 5.32 Å². The lowest BCUT2D eigenvalue weighted by atomic mass is 10.0. The molecule has 0 unspecified atom stereocenters. The Bertz CT molecular complexity index is 477. The van der Waals surface area contributed by atoms with Crippen molar-refractivity contribution in [2.24, 2.45) is 0 Å². The third kappa shape index (κ3) is 5.33. The molecule has 23 heavy (non-hydrogen) atoms. The Labute approximate surface area is 140 Å². The molecule has 2 atom stereocenters. The Morgan fingerprint density at radius 3 is 2.61 bits per heavy atom. The maximum atomic E-state index is 12.7. The van der Waals surface area contributed by atoms with Gasteiger partial charge in [0.2, 0.25) is 5.91 Å². The molecule has 0 bridgehead atoms. The van der Waals surface area contributed by atoms with Crippen LogP contribution in [0, 0.1) is 0 Å². The molecule has 1 aromatic rings. The molecule has 4 heteroatoms. The van der Waals surface area contributed by atoms with Crippen molar-refractivity contribution in [3.63, 3.8) is 0 Å². The Hall–Kier alpha value is -1.39. The molecule has 0 saturated carbocycles. The molecule has 1 aliphatic rings. The summed E-state index contributed by atoms with van der Waals surface area (Å²) in [6, 6.07) is 10.4. The van der Waals surface area contributed by atoms with Gasteiger partial charge in [0.25, 0.3) is 0 Å². The lowest BCUT2D eigenvalue weighted by Crippen LogP contribution is -2.47. The molecule has 2 rings (SSSR count). The molecule has 1 amide bonds. The number of nitrogens with one attached hydrogen (secondary N) is 1. The average molecular weight is 317 g/mol. The second kappa shape index (κ2) is 9.04. The summed E-state index contributed by atoms with van der Waals surface area (Å²) in [5.74, 6) is 0.150. The first-order chi connectivity index (χ1) is 11.1. The SMILES string of the molecule is CCC[C@H](NC(=O)[C@@H](C)N1CCCN(C)CC1)c1ccccc1. The van der Waals surface area contributed by atoms with E-state index in [1.165, 1.54) is 5.56 Å². The Balaban J connectivity index is 1.97. The van der Waals surface area contributed by atoms with E-state index in [-0.39, 0.29) is 18.0 Å². The molecule has 4 nitrogen and oxygen atoms in total. The van der Waals surface area contributed by atoms with E-state index < -0.39 is 0 Å². The van der Waals surface area contributed by atoms with Gasteiger partial charge in [0.15, 0.2) is 0 Å². The van der Waals surface area contributed by atoms with Crippen molar-refractivity contribution in [2.75, 3.05) is 33.2 Å². The smallest absolute Gasteiger partial charge is 0.237 e. The molecular formula is C19H31N3O. The van der Waals surface area contributed by atoms with E-state index in [4.69, 9.17) is 0 Å². The van der Waals surface area contributed by atoms with Crippen LogP contribution in [0.5, 0.6) is 0 Å². The lowest BCUT2D eigenvalue weighted by molar-refractivity contribution is -0.126. The van der Waals surface area contributed by atoms with Crippen molar-refractivity contribution in [3.8, 4) is 0 Å². The van der Waals surface area contributed by atoms with Crippen LogP contribution in [0.4, 0.5) is 0 Å². The highest BCUT2D eigenvalue weighted by atomic mass is 16.2. The second-order valence-electron chi connectivity index (χ2n) is 6.63. The lowest BCUT2D eigenvalue weighted by Gasteiger charge is -2.29. The minimum atomic E-state index is -0.0652. The molecule has 1 aromatic carbocycles. The van der Waals surface area contributed by atoms with Gasteiger partial charge in [-0.1, -0.05) is 43.7 Å². The molecule has 1 saturated heterocycles. The Kier molecular flexibility index (Phi) is 7.06. The van der Waals surface area contributed by atoms with Crippen molar-refractivity contribution < 1.29 is 4.79 Å². The van der Waals surface area contributed by atoms with E-state index in [1.54, 1.807) is 0 Å². The summed E-state index contributed by atoms with van der Waals surface area (Å²) >= 11 is 0. The van der Waals surface area contributed by atoms with Crippen LogP contribution in [0.2, 0.25) is 0 Å². The van der Waals surface area contributed by atoms with E-state index in [0.29, 0.717) is 0 Å². The predicted octanol–water partition coefficient (Wildman–Crippen LogP) is 2.67. The number of rotatable bonds is 6. The van der Waals surface area contributed by atoms with E-state index in [1.807, 2.05) is 25.1 Å². The van der Waals surface area contributed by atoms with Crippen LogP contribution in [-0.4, -0.2) is 55.0 Å². The number of likely N-dealkylation sites (N-methyl/N-ethyl adjacent to an activating group) is 1. The predicted molar refractivity (Wildman–Crippen MR) is 95.4 cm³/mol. The molecule has 0 aliphatic carbocycles. The first-order valence-electron chi connectivity index (χ1n) is 8.89. The molecule has 0 aromatic heterocycles. The van der Waals surface area contributed by atoms with E-state index in [9.17, 15) is 4.79 Å². The standard InChI is InChI=1S/C19H31N3O/c1-4-9-18(17-10-6-5-7-11-17)20-19(23)16(2)22-13-8-12-21(3)14-15-22/h5-7,10-11,16,18H,4,8-9,12-15H2,1-3H3,(H,20,23)/t16-,18+/m1/s1. The van der Waals surface area contributed by atoms with E-state index >= 15 is 0 Å². The van der Waals surface area contributed by atoms with Crippen LogP contribution in [0.3, 0.4) is 0 Å². The van der Waals surface area contributed by atoms with Gasteiger partial charge in [0.1, 0.15) is 0 Å². The number of hydrogen-bond acceptors (Lipinski definition) is 3. The number of hydrogen-bond donors (Lipinski definition) is 1. The minimum absolute atomic E-state index is 0.0652. The quantitative estimate of drug-likeness (QED) is 0.876. The van der Waals surface area contributed by atoms with Crippen LogP contribution in [0.25, 0.3) is 0 Å². The molecular weight excluding hydrogens is 286 g/mol. The van der Waals surface area contributed by atoms with Gasteiger partial charge in [-0.3, -0.25) is 9.69 Å². The van der Waals surface area contributed by atoms with Crippen LogP contribution in [0.15, 0.2) is 30.3 Å².